The van der Waals surface area contributed by atoms with Crippen molar-refractivity contribution < 1.29 is 29.0 Å². The molecule has 32 heavy (non-hydrogen) atoms. The number of amides is 2. The summed E-state index contributed by atoms with van der Waals surface area (Å²) in [6.45, 7) is 3.91. The van der Waals surface area contributed by atoms with Crippen molar-refractivity contribution in [2.45, 2.75) is 45.4 Å². The molecule has 172 valence electrons. The molecule has 0 aromatic heterocycles. The summed E-state index contributed by atoms with van der Waals surface area (Å²) in [5.74, 6) is -0.862. The number of hydrogen-bond acceptors (Lipinski definition) is 6. The van der Waals surface area contributed by atoms with Gasteiger partial charge in [0, 0.05) is 6.42 Å². The summed E-state index contributed by atoms with van der Waals surface area (Å²) in [6, 6.07) is 13.6. The van der Waals surface area contributed by atoms with Crippen molar-refractivity contribution in [3.05, 3.63) is 65.7 Å². The molecule has 0 saturated heterocycles. The van der Waals surface area contributed by atoms with Crippen LogP contribution >= 0.6 is 0 Å². The molecule has 2 rings (SSSR count). The highest BCUT2D eigenvalue weighted by Crippen LogP contribution is 2.13. The summed E-state index contributed by atoms with van der Waals surface area (Å²) in [5.41, 5.74) is 1.52. The van der Waals surface area contributed by atoms with Crippen LogP contribution in [-0.2, 0) is 32.1 Å². The summed E-state index contributed by atoms with van der Waals surface area (Å²) >= 11 is 0. The summed E-state index contributed by atoms with van der Waals surface area (Å²) < 4.78 is 10.0. The van der Waals surface area contributed by atoms with E-state index in [1.54, 1.807) is 12.1 Å². The van der Waals surface area contributed by atoms with Crippen LogP contribution in [-0.4, -0.2) is 42.3 Å². The fourth-order valence-corrected chi connectivity index (χ4v) is 3.08. The highest BCUT2D eigenvalue weighted by molar-refractivity contribution is 5.89. The molecular formula is C24H30N2O6. The lowest BCUT2D eigenvalue weighted by atomic mass is 10.0. The Morgan fingerprint density at radius 1 is 0.906 bits per heavy atom. The Kier molecular flexibility index (Phi) is 9.53. The van der Waals surface area contributed by atoms with Crippen LogP contribution in [0.15, 0.2) is 54.6 Å². The molecule has 0 fully saturated rings. The predicted molar refractivity (Wildman–Crippen MR) is 119 cm³/mol. The number of phenols is 1. The standard InChI is InChI=1S/C24H30N2O6/c1-16(2)13-21(23(29)31-3)25-22(28)20(14-17-9-11-19(27)12-10-17)26-24(30)32-15-18-7-5-4-6-8-18/h4-12,16,20-21,27H,13-15H2,1-3H3,(H,25,28)(H,26,30)/t20-,21-/m0/s1. The smallest absolute Gasteiger partial charge is 0.408 e. The van der Waals surface area contributed by atoms with Crippen LogP contribution in [0.3, 0.4) is 0 Å². The van der Waals surface area contributed by atoms with E-state index in [2.05, 4.69) is 10.6 Å². The lowest BCUT2D eigenvalue weighted by Crippen LogP contribution is -2.53. The van der Waals surface area contributed by atoms with Crippen LogP contribution in [0.5, 0.6) is 5.75 Å². The molecule has 0 heterocycles. The molecule has 0 spiro atoms. The molecule has 8 heteroatoms. The fraction of sp³-hybridized carbons (Fsp3) is 0.375. The van der Waals surface area contributed by atoms with Crippen LogP contribution in [0.2, 0.25) is 0 Å². The van der Waals surface area contributed by atoms with E-state index in [0.29, 0.717) is 12.0 Å². The normalized spacial score (nSPS) is 12.5. The molecule has 2 aromatic rings. The predicted octanol–water partition coefficient (Wildman–Crippen LogP) is 2.93. The number of carbonyl (C=O) groups excluding carboxylic acids is 3. The van der Waals surface area contributed by atoms with Crippen molar-refractivity contribution in [3.8, 4) is 5.75 Å². The number of benzene rings is 2. The third-order valence-corrected chi connectivity index (χ3v) is 4.71. The van der Waals surface area contributed by atoms with E-state index in [1.165, 1.54) is 19.2 Å². The summed E-state index contributed by atoms with van der Waals surface area (Å²) in [7, 11) is 1.26. The maximum absolute atomic E-state index is 13.0. The first-order valence-corrected chi connectivity index (χ1v) is 10.4. The Labute approximate surface area is 187 Å². The average molecular weight is 443 g/mol. The molecule has 0 aliphatic heterocycles. The van der Waals surface area contributed by atoms with Crippen molar-refractivity contribution >= 4 is 18.0 Å². The Bertz CT molecular complexity index is 883. The minimum Gasteiger partial charge on any atom is -0.508 e. The van der Waals surface area contributed by atoms with Crippen LogP contribution in [0.1, 0.15) is 31.4 Å². The Balaban J connectivity index is 2.10. The van der Waals surface area contributed by atoms with Gasteiger partial charge < -0.3 is 25.2 Å². The lowest BCUT2D eigenvalue weighted by Gasteiger charge is -2.23. The van der Waals surface area contributed by atoms with Crippen molar-refractivity contribution in [3.63, 3.8) is 0 Å². The number of ether oxygens (including phenoxy) is 2. The topological polar surface area (TPSA) is 114 Å². The van der Waals surface area contributed by atoms with Gasteiger partial charge in [0.15, 0.2) is 0 Å². The molecule has 0 aliphatic rings. The first-order valence-electron chi connectivity index (χ1n) is 10.4. The summed E-state index contributed by atoms with van der Waals surface area (Å²) in [4.78, 5) is 37.5. The number of rotatable bonds is 10. The third-order valence-electron chi connectivity index (χ3n) is 4.71. The van der Waals surface area contributed by atoms with Crippen LogP contribution in [0, 0.1) is 5.92 Å². The van der Waals surface area contributed by atoms with E-state index in [4.69, 9.17) is 9.47 Å². The molecule has 2 aromatic carbocycles. The van der Waals surface area contributed by atoms with Gasteiger partial charge in [-0.25, -0.2) is 9.59 Å². The quantitative estimate of drug-likeness (QED) is 0.488. The number of aromatic hydroxyl groups is 1. The number of methoxy groups -OCH3 is 1. The molecule has 3 N–H and O–H groups in total. The molecule has 0 bridgehead atoms. The second-order valence-corrected chi connectivity index (χ2v) is 7.84. The van der Waals surface area contributed by atoms with E-state index in [0.717, 1.165) is 5.56 Å². The first kappa shape index (κ1) is 24.7. The average Bonchev–Trinajstić information content (AvgIpc) is 2.78. The van der Waals surface area contributed by atoms with Gasteiger partial charge in [0.2, 0.25) is 5.91 Å². The SMILES string of the molecule is COC(=O)[C@H](CC(C)C)NC(=O)[C@H](Cc1ccc(O)cc1)NC(=O)OCc1ccccc1. The zero-order valence-electron chi connectivity index (χ0n) is 18.5. The highest BCUT2D eigenvalue weighted by atomic mass is 16.5. The molecule has 0 saturated carbocycles. The molecule has 0 unspecified atom stereocenters. The van der Waals surface area contributed by atoms with Crippen molar-refractivity contribution in [2.75, 3.05) is 7.11 Å². The third kappa shape index (κ3) is 8.29. The van der Waals surface area contributed by atoms with Gasteiger partial charge in [-0.2, -0.15) is 0 Å². The van der Waals surface area contributed by atoms with Crippen LogP contribution in [0.4, 0.5) is 4.79 Å². The largest absolute Gasteiger partial charge is 0.508 e. The van der Waals surface area contributed by atoms with Gasteiger partial charge >= 0.3 is 12.1 Å². The van der Waals surface area contributed by atoms with Crippen molar-refractivity contribution in [1.82, 2.24) is 10.6 Å². The minimum atomic E-state index is -0.998. The molecule has 0 aliphatic carbocycles. The Hall–Kier alpha value is -3.55. The number of alkyl carbamates (subject to hydrolysis) is 1. The van der Waals surface area contributed by atoms with E-state index < -0.39 is 30.1 Å². The molecule has 0 radical (unpaired) electrons. The number of hydrogen-bond donors (Lipinski definition) is 3. The zero-order valence-corrected chi connectivity index (χ0v) is 18.5. The first-order chi connectivity index (χ1) is 15.3. The van der Waals surface area contributed by atoms with Gasteiger partial charge in [0.05, 0.1) is 7.11 Å². The number of carbonyl (C=O) groups is 3. The van der Waals surface area contributed by atoms with E-state index in [-0.39, 0.29) is 24.7 Å². The number of esters is 1. The maximum atomic E-state index is 13.0. The second-order valence-electron chi connectivity index (χ2n) is 7.84. The van der Waals surface area contributed by atoms with Gasteiger partial charge in [0.25, 0.3) is 0 Å². The number of phenolic OH excluding ortho intramolecular Hbond substituents is 1. The summed E-state index contributed by atoms with van der Waals surface area (Å²) in [6.07, 6.45) is -0.225. The monoisotopic (exact) mass is 442 g/mol. The van der Waals surface area contributed by atoms with E-state index >= 15 is 0 Å². The Morgan fingerprint density at radius 3 is 2.16 bits per heavy atom. The fourth-order valence-electron chi connectivity index (χ4n) is 3.08. The molecule has 2 amide bonds. The van der Waals surface area contributed by atoms with E-state index in [1.807, 2.05) is 44.2 Å². The van der Waals surface area contributed by atoms with Gasteiger partial charge in [-0.15, -0.1) is 0 Å². The van der Waals surface area contributed by atoms with Gasteiger partial charge in [-0.1, -0.05) is 56.3 Å². The zero-order chi connectivity index (χ0) is 23.5. The second kappa shape index (κ2) is 12.3. The maximum Gasteiger partial charge on any atom is 0.408 e. The minimum absolute atomic E-state index is 0.0539. The lowest BCUT2D eigenvalue weighted by molar-refractivity contribution is -0.145. The van der Waals surface area contributed by atoms with Gasteiger partial charge in [0.1, 0.15) is 24.4 Å². The van der Waals surface area contributed by atoms with Gasteiger partial charge in [-0.3, -0.25) is 4.79 Å². The Morgan fingerprint density at radius 2 is 1.56 bits per heavy atom. The highest BCUT2D eigenvalue weighted by Gasteiger charge is 2.28. The van der Waals surface area contributed by atoms with Crippen molar-refractivity contribution in [2.24, 2.45) is 5.92 Å². The van der Waals surface area contributed by atoms with Crippen LogP contribution < -0.4 is 10.6 Å². The molecular weight excluding hydrogens is 412 g/mol. The summed E-state index contributed by atoms with van der Waals surface area (Å²) in [5, 5.41) is 14.7. The van der Waals surface area contributed by atoms with Gasteiger partial charge in [-0.05, 0) is 35.6 Å². The van der Waals surface area contributed by atoms with Crippen molar-refractivity contribution in [1.29, 1.82) is 0 Å². The molecule has 8 nitrogen and oxygen atoms in total. The molecule has 2 atom stereocenters. The number of nitrogens with one attached hydrogen (secondary N) is 2. The van der Waals surface area contributed by atoms with Crippen LogP contribution in [0.25, 0.3) is 0 Å². The van der Waals surface area contributed by atoms with E-state index in [9.17, 15) is 19.5 Å².